The summed E-state index contributed by atoms with van der Waals surface area (Å²) in [5, 5.41) is 19.0. The standard InChI is InChI=1S/C24H24N4O5S2/c1-4-35(30,31)24-28-27-23(34-24)26-22(29)19(15-25)14-18-5-7-20(8-6-18)32-9-10-33-21-12-16(2)11-17(3)13-21/h5-8,11-14H,4,9-10H2,1-3H3,(H,26,27,29). The highest BCUT2D eigenvalue weighted by molar-refractivity contribution is 7.93. The van der Waals surface area contributed by atoms with E-state index in [2.05, 4.69) is 21.6 Å². The van der Waals surface area contributed by atoms with Crippen molar-refractivity contribution in [3.63, 3.8) is 0 Å². The fourth-order valence-corrected chi connectivity index (χ4v) is 4.97. The number of nitrogens with zero attached hydrogens (tertiary/aromatic N) is 3. The maximum Gasteiger partial charge on any atom is 0.268 e. The predicted octanol–water partition coefficient (Wildman–Crippen LogP) is 3.95. The molecule has 9 nitrogen and oxygen atoms in total. The highest BCUT2D eigenvalue weighted by Gasteiger charge is 2.19. The molecule has 11 heteroatoms. The summed E-state index contributed by atoms with van der Waals surface area (Å²) in [6.45, 7) is 6.25. The van der Waals surface area contributed by atoms with Crippen LogP contribution in [0.4, 0.5) is 5.13 Å². The van der Waals surface area contributed by atoms with Crippen molar-refractivity contribution in [3.05, 3.63) is 64.7 Å². The van der Waals surface area contributed by atoms with Crippen molar-refractivity contribution >= 4 is 38.3 Å². The molecule has 1 heterocycles. The summed E-state index contributed by atoms with van der Waals surface area (Å²) >= 11 is 0.733. The van der Waals surface area contributed by atoms with Crippen molar-refractivity contribution in [1.29, 1.82) is 5.26 Å². The Labute approximate surface area is 208 Å². The molecule has 0 aliphatic rings. The number of anilines is 1. The van der Waals surface area contributed by atoms with Gasteiger partial charge in [-0.15, -0.1) is 10.2 Å². The minimum atomic E-state index is -3.52. The third kappa shape index (κ3) is 7.37. The Hall–Kier alpha value is -3.75. The monoisotopic (exact) mass is 512 g/mol. The first-order chi connectivity index (χ1) is 16.7. The highest BCUT2D eigenvalue weighted by Crippen LogP contribution is 2.22. The van der Waals surface area contributed by atoms with E-state index in [0.717, 1.165) is 28.2 Å². The number of aromatic nitrogens is 2. The molecule has 0 saturated carbocycles. The Balaban J connectivity index is 1.55. The lowest BCUT2D eigenvalue weighted by atomic mass is 10.1. The van der Waals surface area contributed by atoms with E-state index in [9.17, 15) is 18.5 Å². The fourth-order valence-electron chi connectivity index (χ4n) is 2.98. The van der Waals surface area contributed by atoms with Crippen LogP contribution in [0.25, 0.3) is 6.08 Å². The SMILES string of the molecule is CCS(=O)(=O)c1nnc(NC(=O)C(C#N)=Cc2ccc(OCCOc3cc(C)cc(C)c3)cc2)s1. The van der Waals surface area contributed by atoms with Gasteiger partial charge in [-0.05, 0) is 60.9 Å². The Morgan fingerprint density at radius 2 is 1.69 bits per heavy atom. The van der Waals surface area contributed by atoms with Crippen LogP contribution in [0.2, 0.25) is 0 Å². The van der Waals surface area contributed by atoms with E-state index >= 15 is 0 Å². The molecule has 0 saturated heterocycles. The van der Waals surface area contributed by atoms with Crippen LogP contribution in [0.3, 0.4) is 0 Å². The van der Waals surface area contributed by atoms with Gasteiger partial charge in [0.05, 0.1) is 5.75 Å². The summed E-state index contributed by atoms with van der Waals surface area (Å²) in [7, 11) is -3.52. The molecule has 0 aliphatic carbocycles. The second-order valence-corrected chi connectivity index (χ2v) is 10.9. The van der Waals surface area contributed by atoms with Crippen LogP contribution in [0, 0.1) is 25.2 Å². The molecule has 0 fully saturated rings. The lowest BCUT2D eigenvalue weighted by Gasteiger charge is -2.10. The van der Waals surface area contributed by atoms with E-state index in [4.69, 9.17) is 9.47 Å². The number of nitriles is 1. The number of sulfone groups is 1. The molecule has 0 radical (unpaired) electrons. The minimum Gasteiger partial charge on any atom is -0.490 e. The zero-order chi connectivity index (χ0) is 25.4. The third-order valence-electron chi connectivity index (χ3n) is 4.65. The first kappa shape index (κ1) is 25.9. The molecule has 182 valence electrons. The molecule has 0 aliphatic heterocycles. The third-order valence-corrected chi connectivity index (χ3v) is 7.66. The van der Waals surface area contributed by atoms with Gasteiger partial charge in [-0.2, -0.15) is 5.26 Å². The zero-order valence-electron chi connectivity index (χ0n) is 19.4. The Kier molecular flexibility index (Phi) is 8.57. The van der Waals surface area contributed by atoms with E-state index in [0.29, 0.717) is 24.5 Å². The summed E-state index contributed by atoms with van der Waals surface area (Å²) in [5.74, 6) is 0.573. The molecular weight excluding hydrogens is 488 g/mol. The molecule has 0 unspecified atom stereocenters. The number of rotatable bonds is 10. The maximum atomic E-state index is 12.4. The molecule has 3 aromatic rings. The number of carbonyl (C=O) groups is 1. The number of nitrogens with one attached hydrogen (secondary N) is 1. The lowest BCUT2D eigenvalue weighted by molar-refractivity contribution is -0.112. The highest BCUT2D eigenvalue weighted by atomic mass is 32.2. The maximum absolute atomic E-state index is 12.4. The van der Waals surface area contributed by atoms with Crippen molar-refractivity contribution < 1.29 is 22.7 Å². The van der Waals surface area contributed by atoms with E-state index in [1.54, 1.807) is 24.3 Å². The van der Waals surface area contributed by atoms with Crippen LogP contribution in [-0.2, 0) is 14.6 Å². The van der Waals surface area contributed by atoms with Gasteiger partial charge in [0.1, 0.15) is 36.4 Å². The first-order valence-electron chi connectivity index (χ1n) is 10.6. The molecular formula is C24H24N4O5S2. The molecule has 0 atom stereocenters. The van der Waals surface area contributed by atoms with Crippen LogP contribution in [0.1, 0.15) is 23.6 Å². The van der Waals surface area contributed by atoms with Crippen molar-refractivity contribution in [3.8, 4) is 17.6 Å². The average Bonchev–Trinajstić information content (AvgIpc) is 3.30. The van der Waals surface area contributed by atoms with Crippen molar-refractivity contribution in [2.24, 2.45) is 0 Å². The van der Waals surface area contributed by atoms with Gasteiger partial charge in [0.25, 0.3) is 5.91 Å². The van der Waals surface area contributed by atoms with E-state index in [-0.39, 0.29) is 20.8 Å². The van der Waals surface area contributed by atoms with Gasteiger partial charge < -0.3 is 9.47 Å². The van der Waals surface area contributed by atoms with Crippen LogP contribution in [-0.4, -0.2) is 43.5 Å². The van der Waals surface area contributed by atoms with E-state index in [1.165, 1.54) is 13.0 Å². The first-order valence-corrected chi connectivity index (χ1v) is 13.1. The topological polar surface area (TPSA) is 131 Å². The van der Waals surface area contributed by atoms with Gasteiger partial charge in [0, 0.05) is 0 Å². The summed E-state index contributed by atoms with van der Waals surface area (Å²) in [6.07, 6.45) is 1.41. The van der Waals surface area contributed by atoms with Crippen molar-refractivity contribution in [2.45, 2.75) is 25.1 Å². The Morgan fingerprint density at radius 3 is 2.29 bits per heavy atom. The normalized spacial score (nSPS) is 11.5. The largest absolute Gasteiger partial charge is 0.490 e. The summed E-state index contributed by atoms with van der Waals surface area (Å²) < 4.78 is 34.9. The van der Waals surface area contributed by atoms with Gasteiger partial charge >= 0.3 is 0 Å². The zero-order valence-corrected chi connectivity index (χ0v) is 21.1. The molecule has 3 rings (SSSR count). The molecule has 1 N–H and O–H groups in total. The Morgan fingerprint density at radius 1 is 1.06 bits per heavy atom. The summed E-state index contributed by atoms with van der Waals surface area (Å²) in [4.78, 5) is 12.4. The number of benzene rings is 2. The summed E-state index contributed by atoms with van der Waals surface area (Å²) in [5.41, 5.74) is 2.71. The van der Waals surface area contributed by atoms with Crippen LogP contribution in [0.5, 0.6) is 11.5 Å². The lowest BCUT2D eigenvalue weighted by Crippen LogP contribution is -2.13. The van der Waals surface area contributed by atoms with Crippen molar-refractivity contribution in [2.75, 3.05) is 24.3 Å². The molecule has 0 bridgehead atoms. The molecule has 0 spiro atoms. The molecule has 1 aromatic heterocycles. The number of hydrogen-bond donors (Lipinski definition) is 1. The van der Waals surface area contributed by atoms with Gasteiger partial charge in [-0.3, -0.25) is 10.1 Å². The second kappa shape index (κ2) is 11.6. The minimum absolute atomic E-state index is 0.00466. The molecule has 1 amide bonds. The summed E-state index contributed by atoms with van der Waals surface area (Å²) in [6, 6.07) is 14.7. The molecule has 2 aromatic carbocycles. The van der Waals surface area contributed by atoms with Gasteiger partial charge in [-0.25, -0.2) is 8.42 Å². The fraction of sp³-hybridized carbons (Fsp3) is 0.250. The van der Waals surface area contributed by atoms with E-state index in [1.807, 2.05) is 32.0 Å². The number of carbonyl (C=O) groups excluding carboxylic acids is 1. The van der Waals surface area contributed by atoms with Crippen LogP contribution < -0.4 is 14.8 Å². The Bertz CT molecular complexity index is 1350. The quantitative estimate of drug-likeness (QED) is 0.187. The van der Waals surface area contributed by atoms with E-state index < -0.39 is 15.7 Å². The number of hydrogen-bond acceptors (Lipinski definition) is 9. The van der Waals surface area contributed by atoms with Crippen LogP contribution in [0.15, 0.2) is 52.4 Å². The molecule has 35 heavy (non-hydrogen) atoms. The predicted molar refractivity (Wildman–Crippen MR) is 133 cm³/mol. The van der Waals surface area contributed by atoms with Gasteiger partial charge in [0.2, 0.25) is 19.3 Å². The van der Waals surface area contributed by atoms with Gasteiger partial charge in [-0.1, -0.05) is 36.5 Å². The van der Waals surface area contributed by atoms with Crippen molar-refractivity contribution in [1.82, 2.24) is 10.2 Å². The average molecular weight is 513 g/mol. The van der Waals surface area contributed by atoms with Gasteiger partial charge in [0.15, 0.2) is 0 Å². The van der Waals surface area contributed by atoms with Crippen LogP contribution >= 0.6 is 11.3 Å². The number of ether oxygens (including phenoxy) is 2. The smallest absolute Gasteiger partial charge is 0.268 e. The second-order valence-electron chi connectivity index (χ2n) is 7.49. The number of amides is 1. The number of aryl methyl sites for hydroxylation is 2.